The molecule has 3 aromatic carbocycles. The predicted octanol–water partition coefficient (Wildman–Crippen LogP) is 6.52. The summed E-state index contributed by atoms with van der Waals surface area (Å²) in [5, 5.41) is 1.61. The van der Waals surface area contributed by atoms with Crippen LogP contribution in [0.15, 0.2) is 96.4 Å². The summed E-state index contributed by atoms with van der Waals surface area (Å²) in [5.74, 6) is 0.905. The Labute approximate surface area is 212 Å². The molecular weight excluding hydrogens is 501 g/mol. The molecular formula is C27H19F3N4O2S. The Bertz CT molecular complexity index is 1610. The molecule has 0 radical (unpaired) electrons. The van der Waals surface area contributed by atoms with Gasteiger partial charge in [0, 0.05) is 23.3 Å². The minimum atomic E-state index is -4.43. The Morgan fingerprint density at radius 2 is 1.73 bits per heavy atom. The molecule has 0 bridgehead atoms. The summed E-state index contributed by atoms with van der Waals surface area (Å²) in [6.45, 7) is 0. The molecule has 186 valence electrons. The van der Waals surface area contributed by atoms with Crippen molar-refractivity contribution in [3.05, 3.63) is 97.1 Å². The van der Waals surface area contributed by atoms with Gasteiger partial charge < -0.3 is 4.74 Å². The predicted molar refractivity (Wildman–Crippen MR) is 136 cm³/mol. The van der Waals surface area contributed by atoms with E-state index in [0.29, 0.717) is 38.8 Å². The normalized spacial score (nSPS) is 12.3. The summed E-state index contributed by atoms with van der Waals surface area (Å²) in [6.07, 6.45) is 0.127. The topological polar surface area (TPSA) is 77.0 Å². The van der Waals surface area contributed by atoms with Crippen LogP contribution in [-0.2, 0) is 17.2 Å². The molecule has 37 heavy (non-hydrogen) atoms. The molecule has 0 aliphatic rings. The van der Waals surface area contributed by atoms with Crippen molar-refractivity contribution in [3.8, 4) is 28.1 Å². The van der Waals surface area contributed by atoms with Gasteiger partial charge in [0.2, 0.25) is 0 Å². The first-order valence-corrected chi connectivity index (χ1v) is 12.2. The standard InChI is InChI=1S/C27H19F3N4O2S/c1-36-24-15-18(17-3-2-4-20(13-17)27(28,29)30)5-7-23(24)26-22-8-6-21(14-19(22)9-12-32-26)37(35)34-25-10-11-31-16-33-25/h2-16H,1H3,(H,31,33,34). The largest absolute Gasteiger partial charge is 0.496 e. The van der Waals surface area contributed by atoms with Crippen LogP contribution in [0.25, 0.3) is 33.2 Å². The molecule has 5 rings (SSSR count). The lowest BCUT2D eigenvalue weighted by Crippen LogP contribution is -2.06. The van der Waals surface area contributed by atoms with Crippen molar-refractivity contribution in [1.29, 1.82) is 0 Å². The highest BCUT2D eigenvalue weighted by molar-refractivity contribution is 7.86. The van der Waals surface area contributed by atoms with Crippen LogP contribution in [0.5, 0.6) is 5.75 Å². The lowest BCUT2D eigenvalue weighted by Gasteiger charge is -2.14. The van der Waals surface area contributed by atoms with Gasteiger partial charge in [-0.3, -0.25) is 9.71 Å². The van der Waals surface area contributed by atoms with Gasteiger partial charge in [0.05, 0.1) is 23.3 Å². The number of nitrogens with one attached hydrogen (secondary N) is 1. The maximum atomic E-state index is 13.2. The number of pyridine rings is 1. The van der Waals surface area contributed by atoms with E-state index in [1.807, 2.05) is 12.1 Å². The van der Waals surface area contributed by atoms with E-state index in [0.717, 1.165) is 22.9 Å². The first kappa shape index (κ1) is 24.4. The maximum Gasteiger partial charge on any atom is 0.416 e. The zero-order valence-corrected chi connectivity index (χ0v) is 20.2. The second-order valence-corrected chi connectivity index (χ2v) is 9.21. The quantitative estimate of drug-likeness (QED) is 0.276. The van der Waals surface area contributed by atoms with E-state index in [2.05, 4.69) is 19.7 Å². The van der Waals surface area contributed by atoms with Gasteiger partial charge in [0.15, 0.2) is 11.0 Å². The number of methoxy groups -OCH3 is 1. The summed E-state index contributed by atoms with van der Waals surface area (Å²) in [6, 6.07) is 19.2. The maximum absolute atomic E-state index is 13.2. The SMILES string of the molecule is COc1cc(-c2cccc(C(F)(F)F)c2)ccc1-c1nccc2cc(S(=O)Nc3ccncn3)ccc12. The zero-order chi connectivity index (χ0) is 26.0. The smallest absolute Gasteiger partial charge is 0.416 e. The molecule has 1 N–H and O–H groups in total. The van der Waals surface area contributed by atoms with E-state index in [9.17, 15) is 17.4 Å². The fourth-order valence-electron chi connectivity index (χ4n) is 3.93. The second kappa shape index (κ2) is 9.98. The van der Waals surface area contributed by atoms with Crippen LogP contribution < -0.4 is 9.46 Å². The van der Waals surface area contributed by atoms with Gasteiger partial charge in [-0.25, -0.2) is 14.2 Å². The fraction of sp³-hybridized carbons (Fsp3) is 0.0741. The molecule has 0 saturated heterocycles. The van der Waals surface area contributed by atoms with Gasteiger partial charge in [-0.2, -0.15) is 13.2 Å². The Kier molecular flexibility index (Phi) is 6.58. The van der Waals surface area contributed by atoms with E-state index in [1.165, 1.54) is 19.5 Å². The first-order valence-electron chi connectivity index (χ1n) is 11.0. The van der Waals surface area contributed by atoms with Crippen LogP contribution in [0.3, 0.4) is 0 Å². The van der Waals surface area contributed by atoms with E-state index >= 15 is 0 Å². The second-order valence-electron chi connectivity index (χ2n) is 8.00. The van der Waals surface area contributed by atoms with Crippen molar-refractivity contribution >= 4 is 27.6 Å². The molecule has 0 saturated carbocycles. The number of ether oxygens (including phenoxy) is 1. The van der Waals surface area contributed by atoms with Gasteiger partial charge in [-0.05, 0) is 65.0 Å². The number of rotatable bonds is 6. The van der Waals surface area contributed by atoms with Crippen LogP contribution in [0.2, 0.25) is 0 Å². The van der Waals surface area contributed by atoms with Crippen molar-refractivity contribution in [1.82, 2.24) is 15.0 Å². The van der Waals surface area contributed by atoms with E-state index in [1.54, 1.807) is 54.9 Å². The van der Waals surface area contributed by atoms with E-state index in [4.69, 9.17) is 4.74 Å². The van der Waals surface area contributed by atoms with Crippen LogP contribution in [-0.4, -0.2) is 26.3 Å². The number of anilines is 1. The molecule has 0 amide bonds. The Morgan fingerprint density at radius 1 is 0.892 bits per heavy atom. The highest BCUT2D eigenvalue weighted by atomic mass is 32.2. The molecule has 10 heteroatoms. The molecule has 6 nitrogen and oxygen atoms in total. The number of benzene rings is 3. The average molecular weight is 521 g/mol. The molecule has 0 aliphatic heterocycles. The van der Waals surface area contributed by atoms with Crippen LogP contribution >= 0.6 is 0 Å². The molecule has 0 aliphatic carbocycles. The minimum Gasteiger partial charge on any atom is -0.496 e. The van der Waals surface area contributed by atoms with Crippen molar-refractivity contribution in [2.75, 3.05) is 11.8 Å². The highest BCUT2D eigenvalue weighted by Crippen LogP contribution is 2.38. The van der Waals surface area contributed by atoms with Gasteiger partial charge in [0.1, 0.15) is 17.9 Å². The number of halogens is 3. The highest BCUT2D eigenvalue weighted by Gasteiger charge is 2.30. The molecule has 1 unspecified atom stereocenters. The first-order chi connectivity index (χ1) is 17.8. The third kappa shape index (κ3) is 5.14. The Morgan fingerprint density at radius 3 is 2.49 bits per heavy atom. The van der Waals surface area contributed by atoms with Crippen molar-refractivity contribution in [3.63, 3.8) is 0 Å². The Balaban J connectivity index is 1.51. The third-order valence-electron chi connectivity index (χ3n) is 5.71. The van der Waals surface area contributed by atoms with E-state index in [-0.39, 0.29) is 0 Å². The van der Waals surface area contributed by atoms with Crippen LogP contribution in [0.4, 0.5) is 19.0 Å². The number of alkyl halides is 3. The number of hydrogen-bond donors (Lipinski definition) is 1. The minimum absolute atomic E-state index is 0.425. The van der Waals surface area contributed by atoms with Gasteiger partial charge in [-0.15, -0.1) is 0 Å². The van der Waals surface area contributed by atoms with Gasteiger partial charge >= 0.3 is 6.18 Å². The molecule has 0 spiro atoms. The summed E-state index contributed by atoms with van der Waals surface area (Å²) in [7, 11) is -0.0458. The molecule has 1 atom stereocenters. The van der Waals surface area contributed by atoms with Gasteiger partial charge in [-0.1, -0.05) is 24.3 Å². The average Bonchev–Trinajstić information content (AvgIpc) is 2.92. The monoisotopic (exact) mass is 520 g/mol. The summed E-state index contributed by atoms with van der Waals surface area (Å²) in [4.78, 5) is 13.0. The van der Waals surface area contributed by atoms with Crippen molar-refractivity contribution in [2.24, 2.45) is 0 Å². The van der Waals surface area contributed by atoms with Crippen LogP contribution in [0, 0.1) is 0 Å². The lowest BCUT2D eigenvalue weighted by atomic mass is 9.98. The van der Waals surface area contributed by atoms with Crippen molar-refractivity contribution in [2.45, 2.75) is 11.1 Å². The lowest BCUT2D eigenvalue weighted by molar-refractivity contribution is -0.137. The zero-order valence-electron chi connectivity index (χ0n) is 19.4. The summed E-state index contributed by atoms with van der Waals surface area (Å²) < 4.78 is 60.8. The molecule has 2 heterocycles. The molecule has 0 fully saturated rings. The van der Waals surface area contributed by atoms with Crippen LogP contribution in [0.1, 0.15) is 5.56 Å². The molecule has 2 aromatic heterocycles. The van der Waals surface area contributed by atoms with Gasteiger partial charge in [0.25, 0.3) is 0 Å². The third-order valence-corrected chi connectivity index (χ3v) is 6.79. The van der Waals surface area contributed by atoms with E-state index < -0.39 is 22.7 Å². The molecule has 5 aromatic rings. The number of aromatic nitrogens is 3. The number of fused-ring (bicyclic) bond motifs is 1. The fourth-order valence-corrected chi connectivity index (χ4v) is 4.79. The summed E-state index contributed by atoms with van der Waals surface area (Å²) >= 11 is 0. The van der Waals surface area contributed by atoms with Crippen molar-refractivity contribution < 1.29 is 22.1 Å². The Hall–Kier alpha value is -4.31. The number of nitrogens with zero attached hydrogens (tertiary/aromatic N) is 3. The summed E-state index contributed by atoms with van der Waals surface area (Å²) in [5.41, 5.74) is 1.60. The number of hydrogen-bond acceptors (Lipinski definition) is 5.